The van der Waals surface area contributed by atoms with Crippen LogP contribution in [-0.4, -0.2) is 16.6 Å². The van der Waals surface area contributed by atoms with Gasteiger partial charge in [0.2, 0.25) is 0 Å². The van der Waals surface area contributed by atoms with Crippen molar-refractivity contribution >= 4 is 0 Å². The highest BCUT2D eigenvalue weighted by molar-refractivity contribution is 5.04. The smallest absolute Gasteiger partial charge is 0.251 e. The van der Waals surface area contributed by atoms with E-state index in [1.54, 1.807) is 0 Å². The summed E-state index contributed by atoms with van der Waals surface area (Å²) in [5, 5.41) is 0. The minimum Gasteiger partial charge on any atom is -0.371 e. The van der Waals surface area contributed by atoms with Gasteiger partial charge in [0.1, 0.15) is 11.9 Å². The van der Waals surface area contributed by atoms with Crippen LogP contribution in [0.1, 0.15) is 44.8 Å². The van der Waals surface area contributed by atoms with Gasteiger partial charge >= 0.3 is 0 Å². The van der Waals surface area contributed by atoms with Crippen molar-refractivity contribution in [3.63, 3.8) is 0 Å². The second kappa shape index (κ2) is 5.66. The van der Waals surface area contributed by atoms with Crippen LogP contribution in [0.3, 0.4) is 0 Å². The van der Waals surface area contributed by atoms with Gasteiger partial charge in [-0.15, -0.1) is 0 Å². The Morgan fingerprint density at radius 2 is 2.20 bits per heavy atom. The van der Waals surface area contributed by atoms with Gasteiger partial charge in [-0.05, 0) is 19.8 Å². The lowest BCUT2D eigenvalue weighted by molar-refractivity contribution is 0.0531. The van der Waals surface area contributed by atoms with Gasteiger partial charge in [-0.3, -0.25) is 4.79 Å². The Hall–Kier alpha value is -1.16. The summed E-state index contributed by atoms with van der Waals surface area (Å²) in [5.74, 6) is 0.642. The molecule has 4 heteroatoms. The standard InChI is InChI=1S/C11H18N2O2/c1-4-8-7-10(14)13-11(12-8)9(5-2)15-6-3/h7,9H,4-6H2,1-3H3,(H,12,13,14). The van der Waals surface area contributed by atoms with Crippen LogP contribution in [-0.2, 0) is 11.2 Å². The van der Waals surface area contributed by atoms with E-state index in [0.29, 0.717) is 12.4 Å². The van der Waals surface area contributed by atoms with Gasteiger partial charge in [-0.25, -0.2) is 4.98 Å². The fourth-order valence-electron chi connectivity index (χ4n) is 1.45. The molecule has 0 aliphatic heterocycles. The molecule has 0 radical (unpaired) electrons. The highest BCUT2D eigenvalue weighted by Crippen LogP contribution is 2.15. The molecule has 15 heavy (non-hydrogen) atoms. The molecule has 1 aromatic heterocycles. The monoisotopic (exact) mass is 210 g/mol. The number of nitrogens with one attached hydrogen (secondary N) is 1. The molecule has 1 atom stereocenters. The molecule has 1 heterocycles. The number of rotatable bonds is 5. The van der Waals surface area contributed by atoms with Crippen molar-refractivity contribution in [1.82, 2.24) is 9.97 Å². The number of hydrogen-bond acceptors (Lipinski definition) is 3. The zero-order valence-electron chi connectivity index (χ0n) is 9.54. The molecule has 0 spiro atoms. The van der Waals surface area contributed by atoms with Crippen LogP contribution in [0.25, 0.3) is 0 Å². The van der Waals surface area contributed by atoms with E-state index >= 15 is 0 Å². The van der Waals surface area contributed by atoms with Crippen LogP contribution in [0.5, 0.6) is 0 Å². The molecule has 0 saturated heterocycles. The van der Waals surface area contributed by atoms with Gasteiger partial charge in [0.25, 0.3) is 5.56 Å². The molecule has 0 aliphatic rings. The Balaban J connectivity index is 3.00. The number of ether oxygens (including phenoxy) is 1. The maximum Gasteiger partial charge on any atom is 0.251 e. The third-order valence-electron chi connectivity index (χ3n) is 2.22. The number of nitrogens with zero attached hydrogens (tertiary/aromatic N) is 1. The van der Waals surface area contributed by atoms with Crippen molar-refractivity contribution in [3.8, 4) is 0 Å². The fourth-order valence-corrected chi connectivity index (χ4v) is 1.45. The lowest BCUT2D eigenvalue weighted by atomic mass is 10.2. The molecule has 0 amide bonds. The van der Waals surface area contributed by atoms with Crippen LogP contribution in [0.15, 0.2) is 10.9 Å². The molecule has 1 aromatic rings. The van der Waals surface area contributed by atoms with Gasteiger partial charge < -0.3 is 9.72 Å². The highest BCUT2D eigenvalue weighted by Gasteiger charge is 2.12. The summed E-state index contributed by atoms with van der Waals surface area (Å²) in [5.41, 5.74) is 0.710. The first kappa shape index (κ1) is 11.9. The summed E-state index contributed by atoms with van der Waals surface area (Å²) < 4.78 is 5.50. The summed E-state index contributed by atoms with van der Waals surface area (Å²) >= 11 is 0. The lowest BCUT2D eigenvalue weighted by Gasteiger charge is -2.14. The molecule has 1 rings (SSSR count). The maximum absolute atomic E-state index is 11.3. The molecule has 0 saturated carbocycles. The summed E-state index contributed by atoms with van der Waals surface area (Å²) in [7, 11) is 0. The quantitative estimate of drug-likeness (QED) is 0.806. The largest absolute Gasteiger partial charge is 0.371 e. The number of hydrogen-bond donors (Lipinski definition) is 1. The van der Waals surface area contributed by atoms with E-state index in [1.165, 1.54) is 6.07 Å². The first-order chi connectivity index (χ1) is 7.21. The number of aromatic amines is 1. The lowest BCUT2D eigenvalue weighted by Crippen LogP contribution is -2.17. The summed E-state index contributed by atoms with van der Waals surface area (Å²) in [6.45, 7) is 6.55. The van der Waals surface area contributed by atoms with Crippen LogP contribution in [0.2, 0.25) is 0 Å². The van der Waals surface area contributed by atoms with Crippen LogP contribution < -0.4 is 5.56 Å². The predicted octanol–water partition coefficient (Wildman–Crippen LogP) is 1.82. The Labute approximate surface area is 89.7 Å². The van der Waals surface area contributed by atoms with E-state index in [0.717, 1.165) is 18.5 Å². The molecule has 1 unspecified atom stereocenters. The van der Waals surface area contributed by atoms with E-state index in [9.17, 15) is 4.79 Å². The Morgan fingerprint density at radius 1 is 1.47 bits per heavy atom. The zero-order chi connectivity index (χ0) is 11.3. The van der Waals surface area contributed by atoms with E-state index < -0.39 is 0 Å². The number of aromatic nitrogens is 2. The fraction of sp³-hybridized carbons (Fsp3) is 0.636. The normalized spacial score (nSPS) is 12.7. The summed E-state index contributed by atoms with van der Waals surface area (Å²) in [6, 6.07) is 1.53. The topological polar surface area (TPSA) is 55.0 Å². The molecular formula is C11H18N2O2. The van der Waals surface area contributed by atoms with Crippen molar-refractivity contribution in [2.75, 3.05) is 6.61 Å². The van der Waals surface area contributed by atoms with Gasteiger partial charge in [-0.2, -0.15) is 0 Å². The highest BCUT2D eigenvalue weighted by atomic mass is 16.5. The van der Waals surface area contributed by atoms with E-state index in [-0.39, 0.29) is 11.7 Å². The van der Waals surface area contributed by atoms with Crippen molar-refractivity contribution in [2.45, 2.75) is 39.7 Å². The first-order valence-electron chi connectivity index (χ1n) is 5.42. The molecule has 1 N–H and O–H groups in total. The van der Waals surface area contributed by atoms with Gasteiger partial charge in [0.15, 0.2) is 0 Å². The van der Waals surface area contributed by atoms with Crippen molar-refractivity contribution in [2.24, 2.45) is 0 Å². The van der Waals surface area contributed by atoms with Crippen LogP contribution >= 0.6 is 0 Å². The minimum atomic E-state index is -0.103. The summed E-state index contributed by atoms with van der Waals surface area (Å²) in [6.07, 6.45) is 1.47. The third kappa shape index (κ3) is 3.16. The molecule has 0 aromatic carbocycles. The van der Waals surface area contributed by atoms with E-state index in [1.807, 2.05) is 20.8 Å². The van der Waals surface area contributed by atoms with E-state index in [2.05, 4.69) is 9.97 Å². The van der Waals surface area contributed by atoms with Crippen molar-refractivity contribution in [3.05, 3.63) is 27.9 Å². The average Bonchev–Trinajstić information content (AvgIpc) is 2.24. The minimum absolute atomic E-state index is 0.102. The number of aryl methyl sites for hydroxylation is 1. The number of H-pyrrole nitrogens is 1. The second-order valence-electron chi connectivity index (χ2n) is 3.33. The third-order valence-corrected chi connectivity index (χ3v) is 2.22. The Bertz CT molecular complexity index is 360. The zero-order valence-corrected chi connectivity index (χ0v) is 9.54. The molecule has 84 valence electrons. The predicted molar refractivity (Wildman–Crippen MR) is 58.9 cm³/mol. The molecule has 0 fully saturated rings. The summed E-state index contributed by atoms with van der Waals surface area (Å²) in [4.78, 5) is 18.4. The van der Waals surface area contributed by atoms with Gasteiger partial charge in [0.05, 0.1) is 0 Å². The van der Waals surface area contributed by atoms with E-state index in [4.69, 9.17) is 4.74 Å². The SMILES string of the molecule is CCOC(CC)c1nc(CC)cc(=O)[nH]1. The Kier molecular flexibility index (Phi) is 4.49. The van der Waals surface area contributed by atoms with Crippen molar-refractivity contribution < 1.29 is 4.74 Å². The molecular weight excluding hydrogens is 192 g/mol. The maximum atomic E-state index is 11.3. The average molecular weight is 210 g/mol. The molecule has 0 aliphatic carbocycles. The van der Waals surface area contributed by atoms with Crippen molar-refractivity contribution in [1.29, 1.82) is 0 Å². The first-order valence-corrected chi connectivity index (χ1v) is 5.42. The molecule has 4 nitrogen and oxygen atoms in total. The Morgan fingerprint density at radius 3 is 2.73 bits per heavy atom. The van der Waals surface area contributed by atoms with Crippen LogP contribution in [0.4, 0.5) is 0 Å². The van der Waals surface area contributed by atoms with Gasteiger partial charge in [0, 0.05) is 18.4 Å². The molecule has 0 bridgehead atoms. The van der Waals surface area contributed by atoms with Crippen LogP contribution in [0, 0.1) is 0 Å². The van der Waals surface area contributed by atoms with Gasteiger partial charge in [-0.1, -0.05) is 13.8 Å². The second-order valence-corrected chi connectivity index (χ2v) is 3.33.